The van der Waals surface area contributed by atoms with Crippen LogP contribution in [0.15, 0.2) is 0 Å². The third-order valence-corrected chi connectivity index (χ3v) is 1.25. The first kappa shape index (κ1) is 8.32. The van der Waals surface area contributed by atoms with Crippen LogP contribution < -0.4 is 5.32 Å². The Labute approximate surface area is 60.5 Å². The summed E-state index contributed by atoms with van der Waals surface area (Å²) in [6.45, 7) is -0.776. The Balaban J connectivity index is 2.53. The lowest BCUT2D eigenvalue weighted by atomic mass is 10.3. The molecule has 1 aliphatic rings. The number of nitrogens with one attached hydrogen (secondary N) is 1. The van der Waals surface area contributed by atoms with Gasteiger partial charge in [-0.25, -0.2) is 0 Å². The zero-order chi connectivity index (χ0) is 8.48. The van der Waals surface area contributed by atoms with E-state index in [0.29, 0.717) is 0 Å². The second-order valence-electron chi connectivity index (χ2n) is 2.18. The summed E-state index contributed by atoms with van der Waals surface area (Å²) in [4.78, 5) is 10.4. The molecule has 11 heavy (non-hydrogen) atoms. The van der Waals surface area contributed by atoms with Gasteiger partial charge in [0.25, 0.3) is 0 Å². The highest BCUT2D eigenvalue weighted by molar-refractivity contribution is 5.78. The van der Waals surface area contributed by atoms with Crippen molar-refractivity contribution in [3.05, 3.63) is 0 Å². The number of morpholine rings is 1. The fourth-order valence-corrected chi connectivity index (χ4v) is 0.723. The lowest BCUT2D eigenvalue weighted by Crippen LogP contribution is -2.53. The van der Waals surface area contributed by atoms with Gasteiger partial charge >= 0.3 is 6.18 Å². The number of hydrogen-bond acceptors (Lipinski definition) is 2. The van der Waals surface area contributed by atoms with Gasteiger partial charge in [-0.15, -0.1) is 0 Å². The molecule has 0 aromatic heterocycles. The molecule has 1 rings (SSSR count). The smallest absolute Gasteiger partial charge is 0.369 e. The largest absolute Gasteiger partial charge is 0.410 e. The summed E-state index contributed by atoms with van der Waals surface area (Å²) in [6, 6.07) is -1.84. The zero-order valence-electron chi connectivity index (χ0n) is 5.44. The molecule has 1 amide bonds. The summed E-state index contributed by atoms with van der Waals surface area (Å²) in [5.41, 5.74) is 0. The van der Waals surface area contributed by atoms with E-state index in [0.717, 1.165) is 0 Å². The SMILES string of the molecule is O=C1COCC(C(F)(F)F)N1. The Hall–Kier alpha value is -0.780. The van der Waals surface area contributed by atoms with Crippen molar-refractivity contribution in [1.29, 1.82) is 0 Å². The van der Waals surface area contributed by atoms with Gasteiger partial charge < -0.3 is 10.1 Å². The van der Waals surface area contributed by atoms with E-state index in [9.17, 15) is 18.0 Å². The first-order chi connectivity index (χ1) is 5.00. The molecule has 0 spiro atoms. The normalized spacial score (nSPS) is 26.5. The first-order valence-electron chi connectivity index (χ1n) is 2.94. The van der Waals surface area contributed by atoms with E-state index in [2.05, 4.69) is 4.74 Å². The van der Waals surface area contributed by atoms with E-state index in [1.165, 1.54) is 0 Å². The third-order valence-electron chi connectivity index (χ3n) is 1.25. The Kier molecular flexibility index (Phi) is 2.03. The summed E-state index contributed by atoms with van der Waals surface area (Å²) in [7, 11) is 0. The van der Waals surface area contributed by atoms with Gasteiger partial charge in [0.15, 0.2) is 0 Å². The van der Waals surface area contributed by atoms with Crippen LogP contribution in [0.4, 0.5) is 13.2 Å². The summed E-state index contributed by atoms with van der Waals surface area (Å²) >= 11 is 0. The number of amides is 1. The molecule has 0 aromatic rings. The molecule has 0 radical (unpaired) electrons. The quantitative estimate of drug-likeness (QED) is 0.557. The molecule has 0 bridgehead atoms. The molecule has 0 saturated carbocycles. The second-order valence-corrected chi connectivity index (χ2v) is 2.18. The van der Waals surface area contributed by atoms with Gasteiger partial charge in [-0.05, 0) is 0 Å². The van der Waals surface area contributed by atoms with E-state index in [-0.39, 0.29) is 6.61 Å². The van der Waals surface area contributed by atoms with Gasteiger partial charge in [0.2, 0.25) is 5.91 Å². The second kappa shape index (κ2) is 2.69. The average Bonchev–Trinajstić information content (AvgIpc) is 1.86. The number of ether oxygens (including phenoxy) is 1. The van der Waals surface area contributed by atoms with Crippen LogP contribution in [0.1, 0.15) is 0 Å². The maximum Gasteiger partial charge on any atom is 0.410 e. The minimum absolute atomic E-state index is 0.285. The van der Waals surface area contributed by atoms with Crippen LogP contribution in [0, 0.1) is 0 Å². The molecule has 1 heterocycles. The third kappa shape index (κ3) is 2.07. The molecular weight excluding hydrogens is 163 g/mol. The molecule has 1 saturated heterocycles. The molecule has 1 aliphatic heterocycles. The monoisotopic (exact) mass is 169 g/mol. The average molecular weight is 169 g/mol. The van der Waals surface area contributed by atoms with Crippen molar-refractivity contribution in [3.63, 3.8) is 0 Å². The number of carbonyl (C=O) groups is 1. The number of alkyl halides is 3. The highest BCUT2D eigenvalue weighted by Crippen LogP contribution is 2.21. The fraction of sp³-hybridized carbons (Fsp3) is 0.800. The maximum absolute atomic E-state index is 11.8. The lowest BCUT2D eigenvalue weighted by Gasteiger charge is -2.25. The van der Waals surface area contributed by atoms with Gasteiger partial charge in [0.05, 0.1) is 6.61 Å². The molecule has 1 unspecified atom stereocenters. The Morgan fingerprint density at radius 1 is 1.55 bits per heavy atom. The standard InChI is InChI=1S/C5H6F3NO2/c6-5(7,8)3-1-11-2-4(10)9-3/h3H,1-2H2,(H,9,10). The molecule has 64 valence electrons. The van der Waals surface area contributed by atoms with E-state index in [1.54, 1.807) is 5.32 Å². The van der Waals surface area contributed by atoms with Gasteiger partial charge in [0.1, 0.15) is 12.6 Å². The van der Waals surface area contributed by atoms with Crippen LogP contribution in [-0.2, 0) is 9.53 Å². The number of carbonyl (C=O) groups excluding carboxylic acids is 1. The molecule has 0 aliphatic carbocycles. The van der Waals surface area contributed by atoms with Gasteiger partial charge in [0, 0.05) is 0 Å². The van der Waals surface area contributed by atoms with Crippen LogP contribution in [0.2, 0.25) is 0 Å². The molecule has 1 fully saturated rings. The minimum atomic E-state index is -4.41. The lowest BCUT2D eigenvalue weighted by molar-refractivity contribution is -0.182. The Bertz CT molecular complexity index is 168. The molecule has 1 N–H and O–H groups in total. The van der Waals surface area contributed by atoms with Crippen molar-refractivity contribution in [2.24, 2.45) is 0 Å². The van der Waals surface area contributed by atoms with Crippen molar-refractivity contribution in [1.82, 2.24) is 5.32 Å². The summed E-state index contributed by atoms with van der Waals surface area (Å²) < 4.78 is 39.8. The predicted octanol–water partition coefficient (Wildman–Crippen LogP) is 0.0637. The molecule has 1 atom stereocenters. The van der Waals surface area contributed by atoms with Crippen molar-refractivity contribution in [2.75, 3.05) is 13.2 Å². The maximum atomic E-state index is 11.8. The van der Waals surface area contributed by atoms with Crippen LogP contribution in [0.3, 0.4) is 0 Å². The Morgan fingerprint density at radius 2 is 2.18 bits per heavy atom. The van der Waals surface area contributed by atoms with E-state index >= 15 is 0 Å². The summed E-state index contributed by atoms with van der Waals surface area (Å²) in [5, 5.41) is 1.77. The predicted molar refractivity (Wildman–Crippen MR) is 28.8 cm³/mol. The van der Waals surface area contributed by atoms with Crippen LogP contribution in [0.25, 0.3) is 0 Å². The summed E-state index contributed by atoms with van der Waals surface area (Å²) in [5.74, 6) is -0.724. The Morgan fingerprint density at radius 3 is 2.55 bits per heavy atom. The van der Waals surface area contributed by atoms with Crippen molar-refractivity contribution in [3.8, 4) is 0 Å². The van der Waals surface area contributed by atoms with Crippen LogP contribution in [-0.4, -0.2) is 31.3 Å². The first-order valence-corrected chi connectivity index (χ1v) is 2.94. The molecular formula is C5H6F3NO2. The number of rotatable bonds is 0. The number of halogens is 3. The highest BCUT2D eigenvalue weighted by atomic mass is 19.4. The van der Waals surface area contributed by atoms with E-state index in [4.69, 9.17) is 0 Å². The molecule has 6 heteroatoms. The van der Waals surface area contributed by atoms with Gasteiger partial charge in [-0.2, -0.15) is 13.2 Å². The minimum Gasteiger partial charge on any atom is -0.369 e. The van der Waals surface area contributed by atoms with Crippen LogP contribution >= 0.6 is 0 Å². The van der Waals surface area contributed by atoms with Crippen LogP contribution in [0.5, 0.6) is 0 Å². The molecule has 3 nitrogen and oxygen atoms in total. The van der Waals surface area contributed by atoms with E-state index < -0.39 is 24.7 Å². The van der Waals surface area contributed by atoms with Gasteiger partial charge in [-0.1, -0.05) is 0 Å². The van der Waals surface area contributed by atoms with Gasteiger partial charge in [-0.3, -0.25) is 4.79 Å². The van der Waals surface area contributed by atoms with E-state index in [1.807, 2.05) is 0 Å². The van der Waals surface area contributed by atoms with Crippen molar-refractivity contribution < 1.29 is 22.7 Å². The number of hydrogen-bond donors (Lipinski definition) is 1. The van der Waals surface area contributed by atoms with Crippen molar-refractivity contribution >= 4 is 5.91 Å². The highest BCUT2D eigenvalue weighted by Gasteiger charge is 2.42. The summed E-state index contributed by atoms with van der Waals surface area (Å²) in [6.07, 6.45) is -4.41. The topological polar surface area (TPSA) is 38.3 Å². The zero-order valence-corrected chi connectivity index (χ0v) is 5.44. The fourth-order valence-electron chi connectivity index (χ4n) is 0.723. The van der Waals surface area contributed by atoms with Crippen molar-refractivity contribution in [2.45, 2.75) is 12.2 Å². The molecule has 0 aromatic carbocycles.